The second-order valence-electron chi connectivity index (χ2n) is 7.03. The zero-order valence-corrected chi connectivity index (χ0v) is 19.8. The Bertz CT molecular complexity index is 1010. The van der Waals surface area contributed by atoms with Crippen molar-refractivity contribution < 1.29 is 4.79 Å². The first kappa shape index (κ1) is 22.8. The molecule has 31 heavy (non-hydrogen) atoms. The number of para-hydroxylation sites is 1. The molecule has 1 aromatic carbocycles. The van der Waals surface area contributed by atoms with E-state index in [1.165, 1.54) is 5.69 Å². The molecule has 1 aliphatic heterocycles. The monoisotopic (exact) mass is 534 g/mol. The molecule has 0 bridgehead atoms. The Morgan fingerprint density at radius 1 is 1.00 bits per heavy atom. The number of nitrogens with zero attached hydrogens (tertiary/aromatic N) is 6. The normalized spacial score (nSPS) is 14.3. The van der Waals surface area contributed by atoms with Crippen molar-refractivity contribution >= 4 is 47.2 Å². The van der Waals surface area contributed by atoms with Crippen LogP contribution in [0.25, 0.3) is 5.65 Å². The Kier molecular flexibility index (Phi) is 8.04. The first-order valence-corrected chi connectivity index (χ1v) is 10.1. The van der Waals surface area contributed by atoms with Gasteiger partial charge in [0, 0.05) is 45.1 Å². The highest BCUT2D eigenvalue weighted by atomic mass is 127. The number of carbonyl (C=O) groups excluding carboxylic acids is 1. The van der Waals surface area contributed by atoms with Gasteiger partial charge in [-0.15, -0.1) is 34.2 Å². The molecular weight excluding hydrogens is 507 g/mol. The van der Waals surface area contributed by atoms with E-state index >= 15 is 0 Å². The van der Waals surface area contributed by atoms with Crippen LogP contribution in [-0.2, 0) is 11.3 Å². The van der Waals surface area contributed by atoms with Gasteiger partial charge >= 0.3 is 0 Å². The standard InChI is InChI=1S/C21H26N8O.HI/c1-22-21(23-15-19-26-25-18-9-5-6-10-29(18)19)24-16-20(30)28-13-11-27(12-14-28)17-7-3-2-4-8-17;/h2-10H,11-16H2,1H3,(H2,22,23,24);1H. The summed E-state index contributed by atoms with van der Waals surface area (Å²) in [6.45, 7) is 3.76. The maximum Gasteiger partial charge on any atom is 0.242 e. The van der Waals surface area contributed by atoms with Crippen LogP contribution in [0.5, 0.6) is 0 Å². The number of rotatable bonds is 5. The predicted octanol–water partition coefficient (Wildman–Crippen LogP) is 1.36. The summed E-state index contributed by atoms with van der Waals surface area (Å²) in [5, 5.41) is 14.6. The van der Waals surface area contributed by atoms with Crippen LogP contribution in [0.1, 0.15) is 5.82 Å². The van der Waals surface area contributed by atoms with Gasteiger partial charge in [0.15, 0.2) is 17.4 Å². The molecule has 3 heterocycles. The second kappa shape index (κ2) is 10.9. The summed E-state index contributed by atoms with van der Waals surface area (Å²) < 4.78 is 1.91. The Labute approximate surface area is 198 Å². The molecule has 0 spiro atoms. The van der Waals surface area contributed by atoms with Gasteiger partial charge < -0.3 is 20.4 Å². The van der Waals surface area contributed by atoms with E-state index in [0.717, 1.165) is 24.6 Å². The fraction of sp³-hybridized carbons (Fsp3) is 0.333. The molecule has 1 fully saturated rings. The predicted molar refractivity (Wildman–Crippen MR) is 132 cm³/mol. The maximum atomic E-state index is 12.6. The number of hydrogen-bond donors (Lipinski definition) is 2. The van der Waals surface area contributed by atoms with E-state index in [0.29, 0.717) is 25.6 Å². The van der Waals surface area contributed by atoms with Crippen LogP contribution in [0.2, 0.25) is 0 Å². The van der Waals surface area contributed by atoms with Crippen LogP contribution in [-0.4, -0.2) is 71.1 Å². The third-order valence-electron chi connectivity index (χ3n) is 5.18. The van der Waals surface area contributed by atoms with Gasteiger partial charge in [-0.2, -0.15) is 0 Å². The van der Waals surface area contributed by atoms with Crippen LogP contribution < -0.4 is 15.5 Å². The van der Waals surface area contributed by atoms with Crippen molar-refractivity contribution in [3.8, 4) is 0 Å². The molecule has 2 N–H and O–H groups in total. The van der Waals surface area contributed by atoms with Gasteiger partial charge in [0.2, 0.25) is 5.91 Å². The molecule has 2 aromatic heterocycles. The van der Waals surface area contributed by atoms with Crippen LogP contribution in [0.3, 0.4) is 0 Å². The maximum absolute atomic E-state index is 12.6. The fourth-order valence-corrected chi connectivity index (χ4v) is 3.52. The number of aliphatic imine (C=N–C) groups is 1. The van der Waals surface area contributed by atoms with E-state index in [9.17, 15) is 4.79 Å². The van der Waals surface area contributed by atoms with Crippen molar-refractivity contribution in [2.24, 2.45) is 4.99 Å². The van der Waals surface area contributed by atoms with Crippen molar-refractivity contribution in [2.45, 2.75) is 6.54 Å². The number of halogens is 1. The topological polar surface area (TPSA) is 90.2 Å². The molecule has 0 saturated carbocycles. The molecule has 1 aliphatic rings. The number of benzene rings is 1. The molecular formula is C21H27IN8O. The Hall–Kier alpha value is -2.89. The highest BCUT2D eigenvalue weighted by molar-refractivity contribution is 14.0. The van der Waals surface area contributed by atoms with Gasteiger partial charge in [0.05, 0.1) is 13.1 Å². The molecule has 1 amide bonds. The lowest BCUT2D eigenvalue weighted by Crippen LogP contribution is -2.52. The minimum Gasteiger partial charge on any atom is -0.368 e. The van der Waals surface area contributed by atoms with Gasteiger partial charge in [-0.1, -0.05) is 24.3 Å². The highest BCUT2D eigenvalue weighted by Gasteiger charge is 2.21. The lowest BCUT2D eigenvalue weighted by Gasteiger charge is -2.36. The molecule has 4 rings (SSSR count). The quantitative estimate of drug-likeness (QED) is 0.292. The number of piperazine rings is 1. The smallest absolute Gasteiger partial charge is 0.242 e. The van der Waals surface area contributed by atoms with E-state index in [2.05, 4.69) is 42.9 Å². The molecule has 9 nitrogen and oxygen atoms in total. The number of aromatic nitrogens is 3. The minimum absolute atomic E-state index is 0. The van der Waals surface area contributed by atoms with Crippen LogP contribution in [0, 0.1) is 0 Å². The lowest BCUT2D eigenvalue weighted by molar-refractivity contribution is -0.130. The number of guanidine groups is 1. The summed E-state index contributed by atoms with van der Waals surface area (Å²) in [6.07, 6.45) is 1.92. The van der Waals surface area contributed by atoms with E-state index < -0.39 is 0 Å². The van der Waals surface area contributed by atoms with Crippen molar-refractivity contribution in [2.75, 3.05) is 44.7 Å². The molecule has 10 heteroatoms. The molecule has 0 unspecified atom stereocenters. The Balaban J connectivity index is 0.00000272. The van der Waals surface area contributed by atoms with Crippen molar-refractivity contribution in [1.82, 2.24) is 30.1 Å². The molecule has 164 valence electrons. The van der Waals surface area contributed by atoms with Gasteiger partial charge in [-0.25, -0.2) is 0 Å². The third-order valence-corrected chi connectivity index (χ3v) is 5.18. The van der Waals surface area contributed by atoms with Gasteiger partial charge in [0.1, 0.15) is 0 Å². The number of nitrogens with one attached hydrogen (secondary N) is 2. The SMILES string of the molecule is CN=C(NCC(=O)N1CCN(c2ccccc2)CC1)NCc1nnc2ccccn12.I. The number of carbonyl (C=O) groups is 1. The Morgan fingerprint density at radius 3 is 2.48 bits per heavy atom. The van der Waals surface area contributed by atoms with Crippen molar-refractivity contribution in [3.63, 3.8) is 0 Å². The number of pyridine rings is 1. The zero-order valence-electron chi connectivity index (χ0n) is 17.4. The Morgan fingerprint density at radius 2 is 1.74 bits per heavy atom. The van der Waals surface area contributed by atoms with Gasteiger partial charge in [0.25, 0.3) is 0 Å². The number of fused-ring (bicyclic) bond motifs is 1. The van der Waals surface area contributed by atoms with Crippen LogP contribution >= 0.6 is 24.0 Å². The largest absolute Gasteiger partial charge is 0.368 e. The number of anilines is 1. The molecule has 3 aromatic rings. The summed E-state index contributed by atoms with van der Waals surface area (Å²) in [6, 6.07) is 16.1. The lowest BCUT2D eigenvalue weighted by atomic mass is 10.2. The van der Waals surface area contributed by atoms with Gasteiger partial charge in [-0.05, 0) is 24.3 Å². The molecule has 0 atom stereocenters. The molecule has 0 aliphatic carbocycles. The minimum atomic E-state index is 0. The summed E-state index contributed by atoms with van der Waals surface area (Å²) >= 11 is 0. The van der Waals surface area contributed by atoms with Crippen molar-refractivity contribution in [1.29, 1.82) is 0 Å². The third kappa shape index (κ3) is 5.63. The second-order valence-corrected chi connectivity index (χ2v) is 7.03. The zero-order chi connectivity index (χ0) is 20.8. The summed E-state index contributed by atoms with van der Waals surface area (Å²) in [5.41, 5.74) is 2.00. The van der Waals surface area contributed by atoms with Gasteiger partial charge in [-0.3, -0.25) is 14.2 Å². The molecule has 1 saturated heterocycles. The van der Waals surface area contributed by atoms with E-state index in [1.54, 1.807) is 7.05 Å². The van der Waals surface area contributed by atoms with Crippen molar-refractivity contribution in [3.05, 3.63) is 60.6 Å². The van der Waals surface area contributed by atoms with Crippen LogP contribution in [0.4, 0.5) is 5.69 Å². The average Bonchev–Trinajstić information content (AvgIpc) is 3.23. The first-order chi connectivity index (χ1) is 14.7. The van der Waals surface area contributed by atoms with E-state index in [4.69, 9.17) is 0 Å². The number of hydrogen-bond acceptors (Lipinski definition) is 5. The van der Waals surface area contributed by atoms with E-state index in [-0.39, 0.29) is 36.4 Å². The summed E-state index contributed by atoms with van der Waals surface area (Å²) in [5.74, 6) is 1.40. The average molecular weight is 534 g/mol. The summed E-state index contributed by atoms with van der Waals surface area (Å²) in [4.78, 5) is 21.0. The number of amides is 1. The fourth-order valence-electron chi connectivity index (χ4n) is 3.52. The highest BCUT2D eigenvalue weighted by Crippen LogP contribution is 2.15. The first-order valence-electron chi connectivity index (χ1n) is 10.1. The van der Waals surface area contributed by atoms with E-state index in [1.807, 2.05) is 51.9 Å². The summed E-state index contributed by atoms with van der Waals surface area (Å²) in [7, 11) is 1.68. The van der Waals surface area contributed by atoms with Crippen LogP contribution in [0.15, 0.2) is 59.7 Å². The molecule has 0 radical (unpaired) electrons.